The Bertz CT molecular complexity index is 1230. The molecular weight excluding hydrogens is 466 g/mol. The number of rotatable bonds is 11. The Balaban J connectivity index is 1.46. The van der Waals surface area contributed by atoms with Gasteiger partial charge in [0.1, 0.15) is 24.2 Å². The molecule has 0 spiro atoms. The highest BCUT2D eigenvalue weighted by Gasteiger charge is 2.31. The van der Waals surface area contributed by atoms with Crippen LogP contribution in [0.4, 0.5) is 0 Å². The summed E-state index contributed by atoms with van der Waals surface area (Å²) >= 11 is 0. The monoisotopic (exact) mass is 501 g/mol. The molecule has 6 nitrogen and oxygen atoms in total. The van der Waals surface area contributed by atoms with Crippen molar-refractivity contribution in [2.75, 3.05) is 33.0 Å². The zero-order valence-corrected chi connectivity index (χ0v) is 21.5. The lowest BCUT2D eigenvalue weighted by Gasteiger charge is -2.22. The van der Waals surface area contributed by atoms with Crippen LogP contribution in [0.1, 0.15) is 43.4 Å². The number of fused-ring (bicyclic) bond motifs is 1. The third-order valence-electron chi connectivity index (χ3n) is 7.04. The normalized spacial score (nSPS) is 16.0. The van der Waals surface area contributed by atoms with Crippen molar-refractivity contribution in [3.05, 3.63) is 83.4 Å². The predicted molar refractivity (Wildman–Crippen MR) is 145 cm³/mol. The predicted octanol–water partition coefficient (Wildman–Crippen LogP) is 5.57. The second-order valence-electron chi connectivity index (χ2n) is 9.65. The number of nitrogens with zero attached hydrogens (tertiary/aromatic N) is 1. The zero-order valence-electron chi connectivity index (χ0n) is 21.5. The largest absolute Gasteiger partial charge is 0.508 e. The highest BCUT2D eigenvalue weighted by molar-refractivity contribution is 6.00. The SMILES string of the molecule is CCN(CC)CC(O)COc1ccc(C(=C(c2ccc3c(c2)OCO3)C2CC2)c2ccc(O)cc2)cc1. The van der Waals surface area contributed by atoms with Crippen LogP contribution in [0.3, 0.4) is 0 Å². The summed E-state index contributed by atoms with van der Waals surface area (Å²) in [6.45, 7) is 7.09. The first-order chi connectivity index (χ1) is 18.1. The lowest BCUT2D eigenvalue weighted by atomic mass is 9.87. The van der Waals surface area contributed by atoms with Gasteiger partial charge < -0.3 is 29.3 Å². The van der Waals surface area contributed by atoms with E-state index in [-0.39, 0.29) is 19.1 Å². The molecule has 3 aromatic carbocycles. The highest BCUT2D eigenvalue weighted by atomic mass is 16.7. The quantitative estimate of drug-likeness (QED) is 0.335. The lowest BCUT2D eigenvalue weighted by molar-refractivity contribution is 0.0716. The third-order valence-corrected chi connectivity index (χ3v) is 7.04. The fraction of sp³-hybridized carbons (Fsp3) is 0.355. The van der Waals surface area contributed by atoms with Gasteiger partial charge in [0.15, 0.2) is 11.5 Å². The van der Waals surface area contributed by atoms with Crippen LogP contribution in [0.2, 0.25) is 0 Å². The molecule has 2 N–H and O–H groups in total. The van der Waals surface area contributed by atoms with E-state index in [1.807, 2.05) is 30.3 Å². The van der Waals surface area contributed by atoms with Crippen LogP contribution in [-0.2, 0) is 0 Å². The average Bonchev–Trinajstić information content (AvgIpc) is 3.65. The van der Waals surface area contributed by atoms with Gasteiger partial charge in [0.05, 0.1) is 0 Å². The molecule has 1 unspecified atom stereocenters. The number of aliphatic hydroxyl groups is 1. The molecule has 3 aromatic rings. The van der Waals surface area contributed by atoms with Crippen molar-refractivity contribution in [1.82, 2.24) is 4.90 Å². The zero-order chi connectivity index (χ0) is 25.8. The lowest BCUT2D eigenvalue weighted by Crippen LogP contribution is -2.35. The van der Waals surface area contributed by atoms with Gasteiger partial charge in [-0.3, -0.25) is 0 Å². The molecule has 0 aromatic heterocycles. The number of allylic oxidation sites excluding steroid dienone is 1. The summed E-state index contributed by atoms with van der Waals surface area (Å²) in [5.41, 5.74) is 5.64. The molecule has 0 saturated heterocycles. The average molecular weight is 502 g/mol. The van der Waals surface area contributed by atoms with Crippen molar-refractivity contribution < 1.29 is 24.4 Å². The van der Waals surface area contributed by atoms with E-state index in [1.165, 1.54) is 5.57 Å². The summed E-state index contributed by atoms with van der Waals surface area (Å²) in [6, 6.07) is 21.6. The highest BCUT2D eigenvalue weighted by Crippen LogP contribution is 2.49. The molecule has 1 heterocycles. The molecule has 2 aliphatic rings. The minimum Gasteiger partial charge on any atom is -0.508 e. The van der Waals surface area contributed by atoms with Crippen molar-refractivity contribution in [2.45, 2.75) is 32.8 Å². The van der Waals surface area contributed by atoms with E-state index in [0.717, 1.165) is 65.4 Å². The summed E-state index contributed by atoms with van der Waals surface area (Å²) in [5, 5.41) is 20.3. The second-order valence-corrected chi connectivity index (χ2v) is 9.65. The molecule has 6 heteroatoms. The van der Waals surface area contributed by atoms with Crippen LogP contribution in [0.5, 0.6) is 23.0 Å². The fourth-order valence-corrected chi connectivity index (χ4v) is 4.87. The number of likely N-dealkylation sites (N-methyl/N-ethyl adjacent to an activating group) is 1. The van der Waals surface area contributed by atoms with Gasteiger partial charge >= 0.3 is 0 Å². The van der Waals surface area contributed by atoms with Gasteiger partial charge in [0.25, 0.3) is 0 Å². The maximum Gasteiger partial charge on any atom is 0.231 e. The topological polar surface area (TPSA) is 71.4 Å². The molecule has 1 fully saturated rings. The van der Waals surface area contributed by atoms with E-state index in [0.29, 0.717) is 12.5 Å². The molecule has 0 amide bonds. The summed E-state index contributed by atoms with van der Waals surface area (Å²) < 4.78 is 17.1. The first-order valence-electron chi connectivity index (χ1n) is 13.1. The summed E-state index contributed by atoms with van der Waals surface area (Å²) in [6.07, 6.45) is 1.73. The number of hydrogen-bond donors (Lipinski definition) is 2. The summed E-state index contributed by atoms with van der Waals surface area (Å²) in [7, 11) is 0. The Labute approximate surface area is 218 Å². The minimum atomic E-state index is -0.542. The van der Waals surface area contributed by atoms with Crippen LogP contribution in [0.25, 0.3) is 11.1 Å². The minimum absolute atomic E-state index is 0.242. The number of hydrogen-bond acceptors (Lipinski definition) is 6. The van der Waals surface area contributed by atoms with Crippen LogP contribution in [0, 0.1) is 5.92 Å². The van der Waals surface area contributed by atoms with Crippen LogP contribution in [0.15, 0.2) is 66.7 Å². The fourth-order valence-electron chi connectivity index (χ4n) is 4.87. The molecule has 1 aliphatic heterocycles. The second kappa shape index (κ2) is 11.3. The molecule has 194 valence electrons. The van der Waals surface area contributed by atoms with Crippen molar-refractivity contribution in [3.8, 4) is 23.0 Å². The van der Waals surface area contributed by atoms with E-state index >= 15 is 0 Å². The summed E-state index contributed by atoms with van der Waals surface area (Å²) in [5.74, 6) is 2.97. The smallest absolute Gasteiger partial charge is 0.231 e. The third kappa shape index (κ3) is 5.92. The van der Waals surface area contributed by atoms with Gasteiger partial charge in [-0.15, -0.1) is 0 Å². The van der Waals surface area contributed by atoms with E-state index < -0.39 is 6.10 Å². The maximum absolute atomic E-state index is 10.4. The molecule has 0 radical (unpaired) electrons. The number of benzene rings is 3. The van der Waals surface area contributed by atoms with E-state index in [1.54, 1.807) is 12.1 Å². The van der Waals surface area contributed by atoms with Gasteiger partial charge in [0.2, 0.25) is 6.79 Å². The Morgan fingerprint density at radius 3 is 2.16 bits per heavy atom. The molecule has 1 atom stereocenters. The van der Waals surface area contributed by atoms with Crippen molar-refractivity contribution >= 4 is 11.1 Å². The Hall–Kier alpha value is -3.48. The van der Waals surface area contributed by atoms with Crippen LogP contribution < -0.4 is 14.2 Å². The number of phenolic OH excluding ortho intramolecular Hbond substituents is 1. The summed E-state index contributed by atoms with van der Waals surface area (Å²) in [4.78, 5) is 2.18. The number of aliphatic hydroxyl groups excluding tert-OH is 1. The molecule has 1 aliphatic carbocycles. The Kier molecular flexibility index (Phi) is 7.68. The van der Waals surface area contributed by atoms with Gasteiger partial charge in [0, 0.05) is 6.54 Å². The van der Waals surface area contributed by atoms with Crippen molar-refractivity contribution in [3.63, 3.8) is 0 Å². The van der Waals surface area contributed by atoms with Gasteiger partial charge in [-0.25, -0.2) is 0 Å². The van der Waals surface area contributed by atoms with Gasteiger partial charge in [-0.2, -0.15) is 0 Å². The van der Waals surface area contributed by atoms with Crippen LogP contribution in [-0.4, -0.2) is 54.3 Å². The van der Waals surface area contributed by atoms with E-state index in [4.69, 9.17) is 14.2 Å². The van der Waals surface area contributed by atoms with Gasteiger partial charge in [-0.1, -0.05) is 44.2 Å². The molecule has 1 saturated carbocycles. The molecule has 0 bridgehead atoms. The number of aromatic hydroxyl groups is 1. The Morgan fingerprint density at radius 1 is 0.892 bits per heavy atom. The van der Waals surface area contributed by atoms with Crippen molar-refractivity contribution in [1.29, 1.82) is 0 Å². The van der Waals surface area contributed by atoms with E-state index in [9.17, 15) is 10.2 Å². The van der Waals surface area contributed by atoms with Crippen molar-refractivity contribution in [2.24, 2.45) is 5.92 Å². The molecule has 37 heavy (non-hydrogen) atoms. The Morgan fingerprint density at radius 2 is 1.51 bits per heavy atom. The first-order valence-corrected chi connectivity index (χ1v) is 13.1. The van der Waals surface area contributed by atoms with Gasteiger partial charge in [-0.05, 0) is 96.1 Å². The molecular formula is C31H35NO5. The van der Waals surface area contributed by atoms with E-state index in [2.05, 4.69) is 43.0 Å². The number of ether oxygens (including phenoxy) is 3. The molecule has 5 rings (SSSR count). The maximum atomic E-state index is 10.4. The number of phenols is 1. The standard InChI is InChI=1S/C31H35NO5/c1-3-32(4-2)18-26(34)19-35-27-14-9-23(10-15-27)30(22-7-12-25(33)13-8-22)31(21-5-6-21)24-11-16-28-29(17-24)37-20-36-28/h7-17,21,26,33-34H,3-6,18-20H2,1-2H3. The van der Waals surface area contributed by atoms with Crippen LogP contribution >= 0.6 is 0 Å². The first kappa shape index (κ1) is 25.2.